The van der Waals surface area contributed by atoms with Gasteiger partial charge in [0, 0.05) is 11.1 Å². The number of nitrogens with zero attached hydrogens (tertiary/aromatic N) is 1. The maximum Gasteiger partial charge on any atom is 0.258 e. The van der Waals surface area contributed by atoms with Gasteiger partial charge in [-0.1, -0.05) is 45.2 Å². The molecule has 0 amide bonds. The Balaban J connectivity index is 0.000000491. The van der Waals surface area contributed by atoms with Crippen molar-refractivity contribution in [3.63, 3.8) is 0 Å². The van der Waals surface area contributed by atoms with Crippen molar-refractivity contribution in [1.29, 1.82) is 0 Å². The number of hydrogen-bond acceptors (Lipinski definition) is 4. The van der Waals surface area contributed by atoms with Gasteiger partial charge in [-0.2, -0.15) is 0 Å². The second-order valence-electron chi connectivity index (χ2n) is 5.63. The molecule has 0 bridgehead atoms. The summed E-state index contributed by atoms with van der Waals surface area (Å²) in [4.78, 5) is 18.7. The van der Waals surface area contributed by atoms with Crippen molar-refractivity contribution >= 4 is 35.3 Å². The highest BCUT2D eigenvalue weighted by Crippen LogP contribution is 2.26. The maximum absolute atomic E-state index is 11.8. The van der Waals surface area contributed by atoms with Crippen molar-refractivity contribution in [2.24, 2.45) is 5.92 Å². The van der Waals surface area contributed by atoms with Crippen molar-refractivity contribution in [2.45, 2.75) is 40.7 Å². The minimum Gasteiger partial charge on any atom is -0.310 e. The summed E-state index contributed by atoms with van der Waals surface area (Å²) in [7, 11) is 0. The summed E-state index contributed by atoms with van der Waals surface area (Å²) < 4.78 is 2.79. The zero-order chi connectivity index (χ0) is 16.2. The normalized spacial score (nSPS) is 12.2. The lowest BCUT2D eigenvalue weighted by Gasteiger charge is -2.12. The third-order valence-electron chi connectivity index (χ3n) is 2.60. The maximum atomic E-state index is 11.8. The van der Waals surface area contributed by atoms with Crippen LogP contribution in [0.3, 0.4) is 0 Å². The fourth-order valence-electron chi connectivity index (χ4n) is 1.70. The Hall–Kier alpha value is -1.04. The summed E-state index contributed by atoms with van der Waals surface area (Å²) in [6, 6.07) is 3.41. The molecule has 0 aliphatic carbocycles. The van der Waals surface area contributed by atoms with Crippen LogP contribution in [0.1, 0.15) is 45.1 Å². The van der Waals surface area contributed by atoms with E-state index in [2.05, 4.69) is 48.3 Å². The Morgan fingerprint density at radius 1 is 1.29 bits per heavy atom. The second-order valence-corrected chi connectivity index (χ2v) is 6.29. The van der Waals surface area contributed by atoms with E-state index in [0.29, 0.717) is 21.7 Å². The Morgan fingerprint density at radius 3 is 2.38 bits per heavy atom. The second kappa shape index (κ2) is 7.82. The summed E-state index contributed by atoms with van der Waals surface area (Å²) in [5.74, 6) is 1.41. The van der Waals surface area contributed by atoms with Gasteiger partial charge in [-0.25, -0.2) is 4.98 Å². The van der Waals surface area contributed by atoms with Crippen molar-refractivity contribution in [3.05, 3.63) is 38.9 Å². The van der Waals surface area contributed by atoms with E-state index in [4.69, 9.17) is 11.6 Å². The van der Waals surface area contributed by atoms with E-state index in [0.717, 1.165) is 11.5 Å². The van der Waals surface area contributed by atoms with E-state index in [-0.39, 0.29) is 11.6 Å². The first-order valence-corrected chi connectivity index (χ1v) is 7.68. The van der Waals surface area contributed by atoms with E-state index in [1.807, 2.05) is 6.92 Å². The molecule has 1 heterocycles. The molecule has 0 aliphatic heterocycles. The van der Waals surface area contributed by atoms with Crippen molar-refractivity contribution < 1.29 is 0 Å². The van der Waals surface area contributed by atoms with Crippen molar-refractivity contribution in [1.82, 2.24) is 14.7 Å². The molecule has 0 aliphatic rings. The number of hydrogen-bond donors (Lipinski definition) is 3. The van der Waals surface area contributed by atoms with Gasteiger partial charge in [0.05, 0.1) is 10.9 Å². The van der Waals surface area contributed by atoms with Gasteiger partial charge < -0.3 is 4.98 Å². The minimum atomic E-state index is -0.156. The molecule has 0 spiro atoms. The van der Waals surface area contributed by atoms with Gasteiger partial charge in [0.2, 0.25) is 0 Å². The standard InChI is InChI=1S/C11H12ClN3OS.C4H10/c1-5(15-17)7-3-8-10(4-9(7)12)13-6(2)14-11(8)16;1-4(2)3/h3-5,15,17H,1-2H3,(H,13,14,16);4H,1-3H3. The number of thiol groups is 1. The average molecular weight is 328 g/mol. The number of nitrogens with one attached hydrogen (secondary N) is 2. The van der Waals surface area contributed by atoms with Crippen molar-refractivity contribution in [3.8, 4) is 0 Å². The Morgan fingerprint density at radius 2 is 1.86 bits per heavy atom. The molecule has 1 aromatic carbocycles. The lowest BCUT2D eigenvalue weighted by Crippen LogP contribution is -2.12. The zero-order valence-corrected chi connectivity index (χ0v) is 14.6. The van der Waals surface area contributed by atoms with Crippen molar-refractivity contribution in [2.75, 3.05) is 0 Å². The topological polar surface area (TPSA) is 57.8 Å². The van der Waals surface area contributed by atoms with E-state index < -0.39 is 0 Å². The quantitative estimate of drug-likeness (QED) is 0.729. The first kappa shape index (κ1) is 18.0. The summed E-state index contributed by atoms with van der Waals surface area (Å²) in [6.45, 7) is 10.1. The van der Waals surface area contributed by atoms with Gasteiger partial charge in [-0.3, -0.25) is 9.52 Å². The van der Waals surface area contributed by atoms with Crippen LogP contribution in [0.4, 0.5) is 0 Å². The van der Waals surface area contributed by atoms with Gasteiger partial charge in [0.25, 0.3) is 5.56 Å². The SMILES string of the molecule is CC(C)C.Cc1nc2cc(Cl)c(C(C)NS)cc2c(=O)[nH]1. The van der Waals surface area contributed by atoms with E-state index in [9.17, 15) is 4.79 Å². The largest absolute Gasteiger partial charge is 0.310 e. The number of benzene rings is 1. The van der Waals surface area contributed by atoms with Crippen LogP contribution in [0, 0.1) is 12.8 Å². The van der Waals surface area contributed by atoms with Crippen LogP contribution >= 0.6 is 24.4 Å². The molecule has 1 atom stereocenters. The summed E-state index contributed by atoms with van der Waals surface area (Å²) in [5, 5.41) is 1.11. The zero-order valence-electron chi connectivity index (χ0n) is 13.0. The Kier molecular flexibility index (Phi) is 6.71. The van der Waals surface area contributed by atoms with E-state index >= 15 is 0 Å². The molecule has 2 rings (SSSR count). The monoisotopic (exact) mass is 327 g/mol. The van der Waals surface area contributed by atoms with Gasteiger partial charge in [0.1, 0.15) is 5.82 Å². The molecule has 6 heteroatoms. The fourth-order valence-corrected chi connectivity index (χ4v) is 2.16. The lowest BCUT2D eigenvalue weighted by atomic mass is 10.1. The molecule has 2 aromatic rings. The third-order valence-corrected chi connectivity index (χ3v) is 3.32. The molecule has 21 heavy (non-hydrogen) atoms. The molecular weight excluding hydrogens is 306 g/mol. The third kappa shape index (κ3) is 5.02. The molecule has 4 nitrogen and oxygen atoms in total. The van der Waals surface area contributed by atoms with Gasteiger partial charge >= 0.3 is 0 Å². The first-order chi connectivity index (χ1) is 9.76. The van der Waals surface area contributed by atoms with Gasteiger partial charge in [-0.05, 0) is 37.5 Å². The Bertz CT molecular complexity index is 667. The van der Waals surface area contributed by atoms with Crippen LogP contribution in [0.5, 0.6) is 0 Å². The number of aryl methyl sites for hydroxylation is 1. The number of aromatic nitrogens is 2. The van der Waals surface area contributed by atoms with Crippen LogP contribution in [-0.2, 0) is 0 Å². The molecule has 0 saturated carbocycles. The number of rotatable bonds is 2. The van der Waals surface area contributed by atoms with Crippen LogP contribution in [0.15, 0.2) is 16.9 Å². The van der Waals surface area contributed by atoms with Gasteiger partial charge in [0.15, 0.2) is 0 Å². The molecule has 0 radical (unpaired) electrons. The molecule has 116 valence electrons. The highest BCUT2D eigenvalue weighted by atomic mass is 35.5. The number of aromatic amines is 1. The Labute approximate surface area is 135 Å². The minimum absolute atomic E-state index is 0.0454. The number of fused-ring (bicyclic) bond motifs is 1. The van der Waals surface area contributed by atoms with E-state index in [1.165, 1.54) is 0 Å². The highest BCUT2D eigenvalue weighted by molar-refractivity contribution is 7.78. The number of halogens is 1. The van der Waals surface area contributed by atoms with Crippen LogP contribution in [-0.4, -0.2) is 9.97 Å². The van der Waals surface area contributed by atoms with E-state index in [1.54, 1.807) is 19.1 Å². The molecule has 1 aromatic heterocycles. The predicted molar refractivity (Wildman–Crippen MR) is 93.2 cm³/mol. The summed E-state index contributed by atoms with van der Waals surface area (Å²) in [6.07, 6.45) is 0. The molecule has 0 fully saturated rings. The fraction of sp³-hybridized carbons (Fsp3) is 0.467. The van der Waals surface area contributed by atoms with Crippen LogP contribution in [0.2, 0.25) is 5.02 Å². The summed E-state index contributed by atoms with van der Waals surface area (Å²) >= 11 is 10.2. The molecular formula is C15H22ClN3OS. The predicted octanol–water partition coefficient (Wildman–Crippen LogP) is 4.04. The average Bonchev–Trinajstić information content (AvgIpc) is 2.36. The summed E-state index contributed by atoms with van der Waals surface area (Å²) in [5.41, 5.74) is 1.27. The molecule has 1 unspecified atom stereocenters. The van der Waals surface area contributed by atoms with Gasteiger partial charge in [-0.15, -0.1) is 0 Å². The smallest absolute Gasteiger partial charge is 0.258 e. The number of H-pyrrole nitrogens is 1. The lowest BCUT2D eigenvalue weighted by molar-refractivity contribution is 0.737. The first-order valence-electron chi connectivity index (χ1n) is 6.86. The molecule has 0 saturated heterocycles. The molecule has 2 N–H and O–H groups in total. The van der Waals surface area contributed by atoms with Crippen LogP contribution in [0.25, 0.3) is 10.9 Å². The van der Waals surface area contributed by atoms with Crippen LogP contribution < -0.4 is 10.3 Å². The highest BCUT2D eigenvalue weighted by Gasteiger charge is 2.12.